The molecule has 1 unspecified atom stereocenters. The van der Waals surface area contributed by atoms with Gasteiger partial charge in [-0.25, -0.2) is 0 Å². The SMILES string of the molecule is Cc1cccnc1CC(=O)C(C)C(C)C. The predicted molar refractivity (Wildman–Crippen MR) is 61.7 cm³/mol. The van der Waals surface area contributed by atoms with Crippen molar-refractivity contribution in [2.45, 2.75) is 34.1 Å². The summed E-state index contributed by atoms with van der Waals surface area (Å²) >= 11 is 0. The third-order valence-corrected chi connectivity index (χ3v) is 2.97. The number of nitrogens with zero attached hydrogens (tertiary/aromatic N) is 1. The van der Waals surface area contributed by atoms with Crippen molar-refractivity contribution in [3.63, 3.8) is 0 Å². The maximum Gasteiger partial charge on any atom is 0.141 e. The third-order valence-electron chi connectivity index (χ3n) is 2.97. The number of hydrogen-bond donors (Lipinski definition) is 0. The first-order chi connectivity index (χ1) is 7.02. The van der Waals surface area contributed by atoms with Crippen LogP contribution in [0.15, 0.2) is 18.3 Å². The normalized spacial score (nSPS) is 12.9. The quantitative estimate of drug-likeness (QED) is 0.756. The molecular weight excluding hydrogens is 186 g/mol. The Hall–Kier alpha value is -1.18. The molecule has 82 valence electrons. The van der Waals surface area contributed by atoms with E-state index >= 15 is 0 Å². The summed E-state index contributed by atoms with van der Waals surface area (Å²) in [6, 6.07) is 3.89. The van der Waals surface area contributed by atoms with Crippen LogP contribution in [0.1, 0.15) is 32.0 Å². The molecular formula is C13H19NO. The minimum atomic E-state index is 0.117. The van der Waals surface area contributed by atoms with E-state index in [-0.39, 0.29) is 11.7 Å². The summed E-state index contributed by atoms with van der Waals surface area (Å²) < 4.78 is 0. The van der Waals surface area contributed by atoms with Crippen molar-refractivity contribution in [1.82, 2.24) is 4.98 Å². The van der Waals surface area contributed by atoms with E-state index in [0.29, 0.717) is 12.3 Å². The van der Waals surface area contributed by atoms with E-state index in [1.165, 1.54) is 0 Å². The van der Waals surface area contributed by atoms with Crippen LogP contribution >= 0.6 is 0 Å². The smallest absolute Gasteiger partial charge is 0.141 e. The topological polar surface area (TPSA) is 30.0 Å². The van der Waals surface area contributed by atoms with Gasteiger partial charge in [0.1, 0.15) is 5.78 Å². The molecule has 1 aromatic rings. The lowest BCUT2D eigenvalue weighted by Crippen LogP contribution is -2.19. The van der Waals surface area contributed by atoms with Crippen molar-refractivity contribution in [2.24, 2.45) is 11.8 Å². The third kappa shape index (κ3) is 3.15. The van der Waals surface area contributed by atoms with E-state index in [2.05, 4.69) is 18.8 Å². The molecule has 0 spiro atoms. The molecule has 1 aromatic heterocycles. The van der Waals surface area contributed by atoms with E-state index in [4.69, 9.17) is 0 Å². The number of hydrogen-bond acceptors (Lipinski definition) is 2. The number of aryl methyl sites for hydroxylation is 1. The van der Waals surface area contributed by atoms with Crippen LogP contribution < -0.4 is 0 Å². The standard InChI is InChI=1S/C13H19NO/c1-9(2)11(4)13(15)8-12-10(3)6-5-7-14-12/h5-7,9,11H,8H2,1-4H3. The number of aromatic nitrogens is 1. The van der Waals surface area contributed by atoms with Crippen molar-refractivity contribution < 1.29 is 4.79 Å². The van der Waals surface area contributed by atoms with Crippen LogP contribution in [0.2, 0.25) is 0 Å². The molecule has 0 saturated heterocycles. The Labute approximate surface area is 91.7 Å². The minimum Gasteiger partial charge on any atom is -0.299 e. The van der Waals surface area contributed by atoms with Crippen LogP contribution in [-0.4, -0.2) is 10.8 Å². The van der Waals surface area contributed by atoms with Gasteiger partial charge in [-0.1, -0.05) is 26.8 Å². The van der Waals surface area contributed by atoms with Gasteiger partial charge < -0.3 is 0 Å². The minimum absolute atomic E-state index is 0.117. The molecule has 0 aliphatic heterocycles. The van der Waals surface area contributed by atoms with Gasteiger partial charge in [0.25, 0.3) is 0 Å². The van der Waals surface area contributed by atoms with Crippen molar-refractivity contribution >= 4 is 5.78 Å². The average molecular weight is 205 g/mol. The number of Topliss-reactive ketones (excluding diaryl/α,β-unsaturated/α-hetero) is 1. The number of rotatable bonds is 4. The van der Waals surface area contributed by atoms with Crippen molar-refractivity contribution in [3.05, 3.63) is 29.6 Å². The van der Waals surface area contributed by atoms with Gasteiger partial charge in [0.15, 0.2) is 0 Å². The number of carbonyl (C=O) groups excluding carboxylic acids is 1. The molecule has 1 heterocycles. The molecule has 0 amide bonds. The van der Waals surface area contributed by atoms with Gasteiger partial charge in [-0.3, -0.25) is 9.78 Å². The van der Waals surface area contributed by atoms with Gasteiger partial charge in [0.05, 0.1) is 5.69 Å². The zero-order valence-electron chi connectivity index (χ0n) is 9.95. The van der Waals surface area contributed by atoms with Gasteiger partial charge >= 0.3 is 0 Å². The largest absolute Gasteiger partial charge is 0.299 e. The van der Waals surface area contributed by atoms with E-state index in [1.54, 1.807) is 6.20 Å². The van der Waals surface area contributed by atoms with Crippen molar-refractivity contribution in [2.75, 3.05) is 0 Å². The first-order valence-electron chi connectivity index (χ1n) is 5.45. The highest BCUT2D eigenvalue weighted by atomic mass is 16.1. The molecule has 1 atom stereocenters. The van der Waals surface area contributed by atoms with Crippen LogP contribution in [0.25, 0.3) is 0 Å². The molecule has 0 saturated carbocycles. The van der Waals surface area contributed by atoms with Crippen molar-refractivity contribution in [3.8, 4) is 0 Å². The Morgan fingerprint density at radius 2 is 2.07 bits per heavy atom. The number of carbonyl (C=O) groups is 1. The number of ketones is 1. The summed E-state index contributed by atoms with van der Waals surface area (Å²) in [5, 5.41) is 0. The second-order valence-electron chi connectivity index (χ2n) is 4.44. The second-order valence-corrected chi connectivity index (χ2v) is 4.44. The van der Waals surface area contributed by atoms with E-state index in [1.807, 2.05) is 26.0 Å². The molecule has 0 bridgehead atoms. The molecule has 0 aromatic carbocycles. The fraction of sp³-hybridized carbons (Fsp3) is 0.538. The molecule has 0 aliphatic carbocycles. The summed E-state index contributed by atoms with van der Waals surface area (Å²) in [5.41, 5.74) is 2.01. The van der Waals surface area contributed by atoms with Crippen LogP contribution in [0, 0.1) is 18.8 Å². The van der Waals surface area contributed by atoms with E-state index in [9.17, 15) is 4.79 Å². The van der Waals surface area contributed by atoms with Crippen LogP contribution in [0.4, 0.5) is 0 Å². The highest BCUT2D eigenvalue weighted by Crippen LogP contribution is 2.14. The summed E-state index contributed by atoms with van der Waals surface area (Å²) in [6.45, 7) is 8.14. The lowest BCUT2D eigenvalue weighted by atomic mass is 9.90. The lowest BCUT2D eigenvalue weighted by Gasteiger charge is -2.14. The summed E-state index contributed by atoms with van der Waals surface area (Å²) in [6.07, 6.45) is 2.21. The Morgan fingerprint density at radius 3 is 2.60 bits per heavy atom. The van der Waals surface area contributed by atoms with Crippen LogP contribution in [-0.2, 0) is 11.2 Å². The van der Waals surface area contributed by atoms with Gasteiger partial charge in [0, 0.05) is 18.5 Å². The van der Waals surface area contributed by atoms with Gasteiger partial charge in [0.2, 0.25) is 0 Å². The number of pyridine rings is 1. The molecule has 0 fully saturated rings. The maximum atomic E-state index is 11.9. The zero-order valence-corrected chi connectivity index (χ0v) is 9.95. The highest BCUT2D eigenvalue weighted by molar-refractivity contribution is 5.83. The molecule has 0 radical (unpaired) electrons. The lowest BCUT2D eigenvalue weighted by molar-refractivity contribution is -0.122. The highest BCUT2D eigenvalue weighted by Gasteiger charge is 2.17. The van der Waals surface area contributed by atoms with Gasteiger partial charge in [-0.2, -0.15) is 0 Å². The average Bonchev–Trinajstić information content (AvgIpc) is 2.20. The second kappa shape index (κ2) is 5.06. The monoisotopic (exact) mass is 205 g/mol. The Bertz CT molecular complexity index is 344. The van der Waals surface area contributed by atoms with Crippen LogP contribution in [0.5, 0.6) is 0 Å². The first kappa shape index (κ1) is 11.9. The Kier molecular flexibility index (Phi) is 4.01. The summed E-state index contributed by atoms with van der Waals surface area (Å²) in [5.74, 6) is 0.805. The van der Waals surface area contributed by atoms with Gasteiger partial charge in [-0.05, 0) is 24.5 Å². The van der Waals surface area contributed by atoms with Gasteiger partial charge in [-0.15, -0.1) is 0 Å². The molecule has 2 nitrogen and oxygen atoms in total. The summed E-state index contributed by atoms with van der Waals surface area (Å²) in [4.78, 5) is 16.1. The van der Waals surface area contributed by atoms with Crippen LogP contribution in [0.3, 0.4) is 0 Å². The Morgan fingerprint density at radius 1 is 1.40 bits per heavy atom. The molecule has 0 N–H and O–H groups in total. The molecule has 1 rings (SSSR count). The zero-order chi connectivity index (χ0) is 11.4. The summed E-state index contributed by atoms with van der Waals surface area (Å²) in [7, 11) is 0. The molecule has 0 aliphatic rings. The Balaban J connectivity index is 2.71. The van der Waals surface area contributed by atoms with E-state index < -0.39 is 0 Å². The van der Waals surface area contributed by atoms with E-state index in [0.717, 1.165) is 11.3 Å². The molecule has 15 heavy (non-hydrogen) atoms. The van der Waals surface area contributed by atoms with Crippen molar-refractivity contribution in [1.29, 1.82) is 0 Å². The predicted octanol–water partition coefficient (Wildman–Crippen LogP) is 2.79. The maximum absolute atomic E-state index is 11.9. The molecule has 2 heteroatoms. The first-order valence-corrected chi connectivity index (χ1v) is 5.45. The fourth-order valence-corrected chi connectivity index (χ4v) is 1.40. The fourth-order valence-electron chi connectivity index (χ4n) is 1.40.